The Morgan fingerprint density at radius 2 is 1.67 bits per heavy atom. The van der Waals surface area contributed by atoms with E-state index in [1.54, 1.807) is 11.3 Å². The Hall–Kier alpha value is -2.70. The Labute approximate surface area is 180 Å². The van der Waals surface area contributed by atoms with Gasteiger partial charge < -0.3 is 10.2 Å². The molecule has 1 fully saturated rings. The van der Waals surface area contributed by atoms with Crippen LogP contribution in [0.15, 0.2) is 72.1 Å². The zero-order valence-electron chi connectivity index (χ0n) is 17.0. The Kier molecular flexibility index (Phi) is 6.45. The number of hydrogen-bond donors (Lipinski definition) is 1. The average molecular weight is 424 g/mol. The summed E-state index contributed by atoms with van der Waals surface area (Å²) >= 11 is 1.73. The van der Waals surface area contributed by atoms with Gasteiger partial charge in [0.05, 0.1) is 6.04 Å². The molecule has 0 unspecified atom stereocenters. The van der Waals surface area contributed by atoms with E-state index in [4.69, 9.17) is 0 Å². The molecule has 1 saturated heterocycles. The number of anilines is 1. The Balaban J connectivity index is 1.45. The Morgan fingerprint density at radius 3 is 2.30 bits per heavy atom. The minimum Gasteiger partial charge on any atom is -0.369 e. The molecule has 4 rings (SSSR count). The smallest absolute Gasteiger partial charge is 0.251 e. The molecule has 0 aliphatic carbocycles. The summed E-state index contributed by atoms with van der Waals surface area (Å²) in [7, 11) is 0. The highest BCUT2D eigenvalue weighted by Gasteiger charge is 2.31. The first kappa shape index (κ1) is 20.6. The number of carbonyl (C=O) groups excluding carboxylic acids is 1. The molecule has 0 spiro atoms. The van der Waals surface area contributed by atoms with Gasteiger partial charge in [-0.25, -0.2) is 4.39 Å². The highest BCUT2D eigenvalue weighted by molar-refractivity contribution is 7.10. The fraction of sp³-hybridized carbons (Fsp3) is 0.292. The maximum atomic E-state index is 13.2. The number of rotatable bonds is 6. The molecular formula is C24H26FN3OS. The first-order chi connectivity index (χ1) is 14.6. The topological polar surface area (TPSA) is 35.6 Å². The molecular weight excluding hydrogens is 397 g/mol. The van der Waals surface area contributed by atoms with Crippen LogP contribution in [0.2, 0.25) is 0 Å². The van der Waals surface area contributed by atoms with Crippen LogP contribution >= 0.6 is 11.3 Å². The lowest BCUT2D eigenvalue weighted by molar-refractivity contribution is 0.0890. The van der Waals surface area contributed by atoms with E-state index < -0.39 is 0 Å². The van der Waals surface area contributed by atoms with Gasteiger partial charge in [0.2, 0.25) is 0 Å². The quantitative estimate of drug-likeness (QED) is 0.631. The SMILES string of the molecule is C[C@@H](NC(=O)c1ccccc1)[C@H](c1cccs1)N1CCN(c2ccc(F)cc2)CC1. The molecule has 3 aromatic rings. The Morgan fingerprint density at radius 1 is 0.967 bits per heavy atom. The number of amides is 1. The number of carbonyl (C=O) groups is 1. The van der Waals surface area contributed by atoms with E-state index >= 15 is 0 Å². The fourth-order valence-electron chi connectivity index (χ4n) is 4.07. The molecule has 2 atom stereocenters. The molecule has 2 heterocycles. The summed E-state index contributed by atoms with van der Waals surface area (Å²) in [6, 6.07) is 20.3. The monoisotopic (exact) mass is 423 g/mol. The molecule has 1 aliphatic rings. The third kappa shape index (κ3) is 4.71. The maximum Gasteiger partial charge on any atom is 0.251 e. The number of piperazine rings is 1. The van der Waals surface area contributed by atoms with Gasteiger partial charge in [0.25, 0.3) is 5.91 Å². The van der Waals surface area contributed by atoms with Crippen LogP contribution in [-0.2, 0) is 0 Å². The molecule has 1 aliphatic heterocycles. The molecule has 30 heavy (non-hydrogen) atoms. The normalized spacial score (nSPS) is 16.8. The summed E-state index contributed by atoms with van der Waals surface area (Å²) in [5, 5.41) is 5.29. The van der Waals surface area contributed by atoms with E-state index in [2.05, 4.69) is 39.6 Å². The second-order valence-electron chi connectivity index (χ2n) is 7.59. The number of thiophene rings is 1. The lowest BCUT2D eigenvalue weighted by Crippen LogP contribution is -2.52. The standard InChI is InChI=1S/C24H26FN3OS/c1-18(26-24(29)19-6-3-2-4-7-19)23(22-8-5-17-30-22)28-15-13-27(14-16-28)21-11-9-20(25)10-12-21/h2-12,17-18,23H,13-16H2,1H3,(H,26,29)/t18-,23-/m1/s1. The van der Waals surface area contributed by atoms with Crippen LogP contribution in [-0.4, -0.2) is 43.0 Å². The van der Waals surface area contributed by atoms with E-state index in [0.717, 1.165) is 31.9 Å². The highest BCUT2D eigenvalue weighted by atomic mass is 32.1. The van der Waals surface area contributed by atoms with Crippen molar-refractivity contribution in [1.82, 2.24) is 10.2 Å². The third-order valence-corrected chi connectivity index (χ3v) is 6.55. The zero-order valence-corrected chi connectivity index (χ0v) is 17.8. The van der Waals surface area contributed by atoms with Gasteiger partial charge in [-0.2, -0.15) is 0 Å². The van der Waals surface area contributed by atoms with Gasteiger partial charge in [-0.15, -0.1) is 11.3 Å². The van der Waals surface area contributed by atoms with Gasteiger partial charge >= 0.3 is 0 Å². The molecule has 0 bridgehead atoms. The van der Waals surface area contributed by atoms with Crippen molar-refractivity contribution in [2.75, 3.05) is 31.1 Å². The molecule has 1 aromatic heterocycles. The van der Waals surface area contributed by atoms with Gasteiger partial charge in [0, 0.05) is 48.3 Å². The van der Waals surface area contributed by atoms with Gasteiger partial charge in [-0.1, -0.05) is 24.3 Å². The molecule has 0 saturated carbocycles. The van der Waals surface area contributed by atoms with Crippen molar-refractivity contribution in [3.8, 4) is 0 Å². The van der Waals surface area contributed by atoms with Gasteiger partial charge in [0.1, 0.15) is 5.82 Å². The number of nitrogens with zero attached hydrogens (tertiary/aromatic N) is 2. The second kappa shape index (κ2) is 9.41. The predicted octanol–water partition coefficient (Wildman–Crippen LogP) is 4.57. The average Bonchev–Trinajstić information content (AvgIpc) is 3.30. The van der Waals surface area contributed by atoms with Crippen LogP contribution in [0.4, 0.5) is 10.1 Å². The summed E-state index contributed by atoms with van der Waals surface area (Å²) in [5.74, 6) is -0.257. The summed E-state index contributed by atoms with van der Waals surface area (Å²) < 4.78 is 13.2. The molecule has 156 valence electrons. The van der Waals surface area contributed by atoms with Crippen molar-refractivity contribution in [3.63, 3.8) is 0 Å². The van der Waals surface area contributed by atoms with Crippen LogP contribution in [0.1, 0.15) is 28.2 Å². The van der Waals surface area contributed by atoms with Crippen LogP contribution in [0.25, 0.3) is 0 Å². The van der Waals surface area contributed by atoms with Gasteiger partial charge in [0.15, 0.2) is 0 Å². The number of nitrogens with one attached hydrogen (secondary N) is 1. The van der Waals surface area contributed by atoms with E-state index in [9.17, 15) is 9.18 Å². The predicted molar refractivity (Wildman–Crippen MR) is 121 cm³/mol. The lowest BCUT2D eigenvalue weighted by atomic mass is 10.0. The first-order valence-corrected chi connectivity index (χ1v) is 11.1. The van der Waals surface area contributed by atoms with Crippen LogP contribution in [0, 0.1) is 5.82 Å². The molecule has 0 radical (unpaired) electrons. The van der Waals surface area contributed by atoms with Crippen molar-refractivity contribution in [2.24, 2.45) is 0 Å². The summed E-state index contributed by atoms with van der Waals surface area (Å²) in [4.78, 5) is 18.7. The molecule has 1 amide bonds. The summed E-state index contributed by atoms with van der Waals surface area (Å²) in [6.07, 6.45) is 0. The van der Waals surface area contributed by atoms with E-state index in [1.165, 1.54) is 17.0 Å². The van der Waals surface area contributed by atoms with E-state index in [0.29, 0.717) is 5.56 Å². The second-order valence-corrected chi connectivity index (χ2v) is 8.57. The first-order valence-electron chi connectivity index (χ1n) is 10.3. The van der Waals surface area contributed by atoms with E-state index in [-0.39, 0.29) is 23.8 Å². The lowest BCUT2D eigenvalue weighted by Gasteiger charge is -2.42. The maximum absolute atomic E-state index is 13.2. The van der Waals surface area contributed by atoms with Crippen molar-refractivity contribution >= 4 is 22.9 Å². The molecule has 1 N–H and O–H groups in total. The number of benzene rings is 2. The highest BCUT2D eigenvalue weighted by Crippen LogP contribution is 2.30. The molecule has 6 heteroatoms. The number of hydrogen-bond acceptors (Lipinski definition) is 4. The van der Waals surface area contributed by atoms with Crippen molar-refractivity contribution in [1.29, 1.82) is 0 Å². The largest absolute Gasteiger partial charge is 0.369 e. The van der Waals surface area contributed by atoms with Crippen LogP contribution in [0.3, 0.4) is 0 Å². The van der Waals surface area contributed by atoms with Gasteiger partial charge in [-0.05, 0) is 54.8 Å². The molecule has 4 nitrogen and oxygen atoms in total. The van der Waals surface area contributed by atoms with Crippen molar-refractivity contribution in [2.45, 2.75) is 19.0 Å². The molecule has 2 aromatic carbocycles. The minimum absolute atomic E-state index is 0.0336. The van der Waals surface area contributed by atoms with Crippen LogP contribution < -0.4 is 10.2 Å². The Bertz CT molecular complexity index is 938. The van der Waals surface area contributed by atoms with Gasteiger partial charge in [-0.3, -0.25) is 9.69 Å². The summed E-state index contributed by atoms with van der Waals surface area (Å²) in [6.45, 7) is 5.58. The van der Waals surface area contributed by atoms with Crippen molar-refractivity contribution in [3.05, 3.63) is 88.4 Å². The third-order valence-electron chi connectivity index (χ3n) is 5.60. The zero-order chi connectivity index (χ0) is 20.9. The van der Waals surface area contributed by atoms with Crippen molar-refractivity contribution < 1.29 is 9.18 Å². The van der Waals surface area contributed by atoms with Crippen LogP contribution in [0.5, 0.6) is 0 Å². The minimum atomic E-state index is -0.210. The van der Waals surface area contributed by atoms with E-state index in [1.807, 2.05) is 42.5 Å². The summed E-state index contributed by atoms with van der Waals surface area (Å²) in [5.41, 5.74) is 1.73. The fourth-order valence-corrected chi connectivity index (χ4v) is 5.03. The number of halogens is 1.